The average molecular weight is 627 g/mol. The Kier molecular flexibility index (Phi) is 7.26. The molecule has 0 fully saturated rings. The van der Waals surface area contributed by atoms with E-state index in [4.69, 9.17) is 9.84 Å². The minimum atomic E-state index is -4.31. The highest BCUT2D eigenvalue weighted by atomic mass is 32.2. The zero-order valence-corrected chi connectivity index (χ0v) is 25.1. The minimum absolute atomic E-state index is 0.0230. The Morgan fingerprint density at radius 2 is 1.33 bits per heavy atom. The number of rotatable bonds is 7. The molecule has 0 aliphatic carbocycles. The van der Waals surface area contributed by atoms with E-state index in [9.17, 15) is 18.5 Å². The van der Waals surface area contributed by atoms with Gasteiger partial charge in [0.15, 0.2) is 5.54 Å². The van der Waals surface area contributed by atoms with Crippen molar-refractivity contribution in [3.05, 3.63) is 178 Å². The Morgan fingerprint density at radius 1 is 0.761 bits per heavy atom. The molecule has 0 radical (unpaired) electrons. The Balaban J connectivity index is 1.57. The fraction of sp³-hybridized carbons (Fsp3) is 0.0556. The molecular weight excluding hydrogens is 600 g/mol. The summed E-state index contributed by atoms with van der Waals surface area (Å²) >= 11 is 0. The number of hydrogen-bond donors (Lipinski definition) is 0. The van der Waals surface area contributed by atoms with Crippen LogP contribution in [0.25, 0.3) is 5.76 Å². The molecule has 0 bridgehead atoms. The van der Waals surface area contributed by atoms with Crippen LogP contribution in [-0.2, 0) is 14.8 Å². The monoisotopic (exact) mass is 626 g/mol. The largest absolute Gasteiger partial charge is 0.438 e. The lowest BCUT2D eigenvalue weighted by atomic mass is 9.75. The van der Waals surface area contributed by atoms with Gasteiger partial charge in [-0.1, -0.05) is 109 Å². The topological polar surface area (TPSA) is 114 Å². The molecule has 46 heavy (non-hydrogen) atoms. The number of para-hydroxylation sites is 2. The Labute approximate surface area is 265 Å². The predicted octanol–water partition coefficient (Wildman–Crippen LogP) is 7.20. The molecule has 9 nitrogen and oxygen atoms in total. The molecule has 2 atom stereocenters. The van der Waals surface area contributed by atoms with Crippen molar-refractivity contribution in [3.63, 3.8) is 0 Å². The molecule has 10 heteroatoms. The van der Waals surface area contributed by atoms with Gasteiger partial charge in [0, 0.05) is 6.07 Å². The zero-order valence-electron chi connectivity index (χ0n) is 24.2. The Bertz CT molecular complexity index is 2120. The lowest BCUT2D eigenvalue weighted by molar-refractivity contribution is -0.385. The first kappa shape index (κ1) is 28.9. The number of sulfonamides is 1. The number of ether oxygens (including phenoxy) is 1. The molecule has 0 aromatic heterocycles. The first-order valence-corrected chi connectivity index (χ1v) is 15.9. The van der Waals surface area contributed by atoms with Crippen LogP contribution >= 0.6 is 0 Å². The van der Waals surface area contributed by atoms with E-state index in [2.05, 4.69) is 4.40 Å². The van der Waals surface area contributed by atoms with E-state index in [-0.39, 0.29) is 27.8 Å². The van der Waals surface area contributed by atoms with Crippen molar-refractivity contribution in [2.24, 2.45) is 9.50 Å². The fourth-order valence-corrected chi connectivity index (χ4v) is 6.97. The van der Waals surface area contributed by atoms with Gasteiger partial charge in [-0.2, -0.15) is 13.5 Å². The fourth-order valence-electron chi connectivity index (χ4n) is 5.97. The number of nitro benzene ring substituents is 1. The average Bonchev–Trinajstić information content (AvgIpc) is 3.64. The van der Waals surface area contributed by atoms with Crippen LogP contribution in [-0.4, -0.2) is 30.5 Å². The predicted molar refractivity (Wildman–Crippen MR) is 177 cm³/mol. The van der Waals surface area contributed by atoms with Gasteiger partial charge in [0.05, 0.1) is 32.7 Å². The van der Waals surface area contributed by atoms with Crippen LogP contribution < -0.4 is 5.01 Å². The van der Waals surface area contributed by atoms with Crippen LogP contribution in [0.15, 0.2) is 166 Å². The molecule has 5 aromatic carbocycles. The summed E-state index contributed by atoms with van der Waals surface area (Å²) in [5.41, 5.74) is 1.41. The van der Waals surface area contributed by atoms with Crippen molar-refractivity contribution < 1.29 is 18.1 Å². The SMILES string of the molecule is O=[N+]([O-])c1ccccc1C1=CC2(C(=NS(=O)(=O)c3ccccc3)O1)C(c1ccccc1)C(c1ccccc1)=NN2c1ccccc1. The summed E-state index contributed by atoms with van der Waals surface area (Å²) in [5, 5.41) is 19.1. The molecule has 0 amide bonds. The number of nitro groups is 1. The highest BCUT2D eigenvalue weighted by Crippen LogP contribution is 2.52. The number of benzene rings is 5. The van der Waals surface area contributed by atoms with Crippen molar-refractivity contribution in [1.82, 2.24) is 0 Å². The molecule has 2 aliphatic heterocycles. The smallest absolute Gasteiger partial charge is 0.285 e. The summed E-state index contributed by atoms with van der Waals surface area (Å²) in [6.45, 7) is 0. The summed E-state index contributed by atoms with van der Waals surface area (Å²) in [6, 6.07) is 42.6. The van der Waals surface area contributed by atoms with Crippen LogP contribution in [0.1, 0.15) is 22.6 Å². The van der Waals surface area contributed by atoms with Crippen molar-refractivity contribution in [3.8, 4) is 0 Å². The summed E-state index contributed by atoms with van der Waals surface area (Å²) in [5.74, 6) is -0.737. The summed E-state index contributed by atoms with van der Waals surface area (Å²) < 4.78 is 38.7. The molecule has 0 saturated carbocycles. The normalized spacial score (nSPS) is 20.0. The maximum Gasteiger partial charge on any atom is 0.285 e. The molecule has 2 unspecified atom stereocenters. The van der Waals surface area contributed by atoms with Gasteiger partial charge in [0.1, 0.15) is 5.76 Å². The summed E-state index contributed by atoms with van der Waals surface area (Å²) in [4.78, 5) is 11.6. The maximum absolute atomic E-state index is 13.9. The van der Waals surface area contributed by atoms with Gasteiger partial charge in [-0.15, -0.1) is 4.40 Å². The number of anilines is 1. The van der Waals surface area contributed by atoms with Gasteiger partial charge in [-0.3, -0.25) is 10.1 Å². The van der Waals surface area contributed by atoms with Gasteiger partial charge >= 0.3 is 0 Å². The Morgan fingerprint density at radius 3 is 1.98 bits per heavy atom. The number of nitrogens with zero attached hydrogens (tertiary/aromatic N) is 4. The van der Waals surface area contributed by atoms with Gasteiger partial charge < -0.3 is 4.74 Å². The van der Waals surface area contributed by atoms with E-state index >= 15 is 0 Å². The molecule has 226 valence electrons. The molecule has 5 aromatic rings. The molecular formula is C36H26N4O5S. The lowest BCUT2D eigenvalue weighted by Crippen LogP contribution is -2.51. The molecule has 1 spiro atoms. The van der Waals surface area contributed by atoms with E-state index in [0.717, 1.165) is 11.1 Å². The zero-order chi connectivity index (χ0) is 31.7. The highest BCUT2D eigenvalue weighted by Gasteiger charge is 2.60. The third-order valence-electron chi connectivity index (χ3n) is 7.99. The quantitative estimate of drug-likeness (QED) is 0.139. The van der Waals surface area contributed by atoms with Crippen molar-refractivity contribution in [2.75, 3.05) is 5.01 Å². The second-order valence-corrected chi connectivity index (χ2v) is 12.3. The van der Waals surface area contributed by atoms with Crippen LogP contribution in [0.3, 0.4) is 0 Å². The molecule has 7 rings (SSSR count). The van der Waals surface area contributed by atoms with Gasteiger partial charge in [0.2, 0.25) is 5.90 Å². The van der Waals surface area contributed by atoms with Crippen LogP contribution in [0.5, 0.6) is 0 Å². The molecule has 0 N–H and O–H groups in total. The first-order valence-electron chi connectivity index (χ1n) is 14.5. The van der Waals surface area contributed by atoms with E-state index < -0.39 is 26.4 Å². The van der Waals surface area contributed by atoms with E-state index in [1.165, 1.54) is 18.2 Å². The first-order chi connectivity index (χ1) is 22.4. The standard InChI is InChI=1S/C36H26N4O5S/c41-40(42)31-24-14-13-23-30(31)32-25-36(35(45-32)38-46(43,44)29-21-11-4-12-22-29)33(26-15-5-1-6-16-26)34(27-17-7-2-8-18-27)37-39(36)28-19-9-3-10-20-28/h1-25,33H. The van der Waals surface area contributed by atoms with Gasteiger partial charge in [-0.25, -0.2) is 5.01 Å². The second-order valence-electron chi connectivity index (χ2n) is 10.7. The van der Waals surface area contributed by atoms with Crippen molar-refractivity contribution in [2.45, 2.75) is 16.4 Å². The van der Waals surface area contributed by atoms with Gasteiger partial charge in [0.25, 0.3) is 15.7 Å². The van der Waals surface area contributed by atoms with E-state index in [1.54, 1.807) is 47.5 Å². The van der Waals surface area contributed by atoms with Crippen LogP contribution in [0, 0.1) is 10.1 Å². The molecule has 2 aliphatic rings. The molecule has 0 saturated heterocycles. The Hall–Kier alpha value is -5.87. The molecule has 2 heterocycles. The number of hydrazone groups is 1. The minimum Gasteiger partial charge on any atom is -0.438 e. The highest BCUT2D eigenvalue weighted by molar-refractivity contribution is 7.90. The third kappa shape index (κ3) is 4.94. The number of hydrogen-bond acceptors (Lipinski definition) is 7. The van der Waals surface area contributed by atoms with Crippen LogP contribution in [0.2, 0.25) is 0 Å². The maximum atomic E-state index is 13.9. The van der Waals surface area contributed by atoms with Crippen LogP contribution in [0.4, 0.5) is 11.4 Å². The van der Waals surface area contributed by atoms with Gasteiger partial charge in [-0.05, 0) is 47.5 Å². The van der Waals surface area contributed by atoms with E-state index in [1.807, 2.05) is 91.0 Å². The third-order valence-corrected chi connectivity index (χ3v) is 9.26. The van der Waals surface area contributed by atoms with E-state index in [0.29, 0.717) is 11.4 Å². The summed E-state index contributed by atoms with van der Waals surface area (Å²) in [7, 11) is -4.31. The van der Waals surface area contributed by atoms with Crippen molar-refractivity contribution >= 4 is 38.8 Å². The lowest BCUT2D eigenvalue weighted by Gasteiger charge is -2.36. The second kappa shape index (κ2) is 11.6. The van der Waals surface area contributed by atoms with Crippen molar-refractivity contribution in [1.29, 1.82) is 0 Å². The summed E-state index contributed by atoms with van der Waals surface area (Å²) in [6.07, 6.45) is 1.72.